The van der Waals surface area contributed by atoms with Crippen molar-refractivity contribution in [3.8, 4) is 22.8 Å². The number of ether oxygens (including phenoxy) is 2. The van der Waals surface area contributed by atoms with E-state index in [1.807, 2.05) is 49.4 Å². The van der Waals surface area contributed by atoms with Crippen molar-refractivity contribution in [2.24, 2.45) is 0 Å². The highest BCUT2D eigenvalue weighted by Crippen LogP contribution is 2.28. The van der Waals surface area contributed by atoms with Crippen molar-refractivity contribution in [1.82, 2.24) is 10.3 Å². The molecular formula is C25H28N2O4. The van der Waals surface area contributed by atoms with Crippen LogP contribution in [-0.4, -0.2) is 43.4 Å². The van der Waals surface area contributed by atoms with Gasteiger partial charge in [0.15, 0.2) is 5.76 Å². The quantitative estimate of drug-likeness (QED) is 0.511. The van der Waals surface area contributed by atoms with Gasteiger partial charge in [-0.25, -0.2) is 4.98 Å². The summed E-state index contributed by atoms with van der Waals surface area (Å²) in [6, 6.07) is 15.4. The molecule has 1 amide bonds. The van der Waals surface area contributed by atoms with Crippen LogP contribution >= 0.6 is 0 Å². The van der Waals surface area contributed by atoms with E-state index in [0.717, 1.165) is 31.4 Å². The number of hydrogen-bond donors (Lipinski definition) is 1. The first-order valence-electron chi connectivity index (χ1n) is 10.8. The number of rotatable bonds is 9. The smallest absolute Gasteiger partial charge is 0.252 e. The van der Waals surface area contributed by atoms with Crippen LogP contribution in [-0.2, 0) is 9.47 Å². The van der Waals surface area contributed by atoms with Crippen LogP contribution in [0.2, 0.25) is 0 Å². The molecule has 1 unspecified atom stereocenters. The van der Waals surface area contributed by atoms with E-state index in [-0.39, 0.29) is 12.0 Å². The Labute approximate surface area is 182 Å². The lowest BCUT2D eigenvalue weighted by Crippen LogP contribution is -2.26. The molecule has 6 heteroatoms. The fraction of sp³-hybridized carbons (Fsp3) is 0.360. The first-order chi connectivity index (χ1) is 15.2. The van der Waals surface area contributed by atoms with E-state index in [2.05, 4.69) is 10.3 Å². The number of oxazole rings is 1. The van der Waals surface area contributed by atoms with Gasteiger partial charge in [-0.3, -0.25) is 4.79 Å². The van der Waals surface area contributed by atoms with Crippen LogP contribution in [0.5, 0.6) is 0 Å². The molecule has 1 saturated heterocycles. The standard InChI is InChI=1S/C25H28N2O4/c1-18-9-11-19(12-10-18)23-16-27-25(31-23)22-8-3-2-7-21(22)24(28)26-13-5-14-29-17-20-6-4-15-30-20/h2-3,7-12,16,20H,4-6,13-15,17H2,1H3,(H,26,28). The Morgan fingerprint density at radius 1 is 1.19 bits per heavy atom. The van der Waals surface area contributed by atoms with Gasteiger partial charge in [0.2, 0.25) is 5.89 Å². The fourth-order valence-electron chi connectivity index (χ4n) is 3.58. The second kappa shape index (κ2) is 10.4. The van der Waals surface area contributed by atoms with E-state index >= 15 is 0 Å². The summed E-state index contributed by atoms with van der Waals surface area (Å²) in [6.45, 7) is 4.64. The highest BCUT2D eigenvalue weighted by Gasteiger charge is 2.17. The van der Waals surface area contributed by atoms with Crippen LogP contribution < -0.4 is 5.32 Å². The van der Waals surface area contributed by atoms with Crippen molar-refractivity contribution in [1.29, 1.82) is 0 Å². The van der Waals surface area contributed by atoms with E-state index in [9.17, 15) is 4.79 Å². The average molecular weight is 421 g/mol. The van der Waals surface area contributed by atoms with Crippen molar-refractivity contribution < 1.29 is 18.7 Å². The Bertz CT molecular complexity index is 991. The van der Waals surface area contributed by atoms with Gasteiger partial charge in [-0.1, -0.05) is 42.0 Å². The van der Waals surface area contributed by atoms with Gasteiger partial charge in [0.05, 0.1) is 24.5 Å². The van der Waals surface area contributed by atoms with Gasteiger partial charge < -0.3 is 19.2 Å². The van der Waals surface area contributed by atoms with Crippen LogP contribution in [0.4, 0.5) is 0 Å². The molecule has 1 N–H and O–H groups in total. The number of nitrogens with one attached hydrogen (secondary N) is 1. The minimum Gasteiger partial charge on any atom is -0.436 e. The second-order valence-electron chi connectivity index (χ2n) is 7.76. The van der Waals surface area contributed by atoms with Gasteiger partial charge in [-0.05, 0) is 38.3 Å². The largest absolute Gasteiger partial charge is 0.436 e. The molecule has 162 valence electrons. The highest BCUT2D eigenvalue weighted by molar-refractivity contribution is 6.00. The topological polar surface area (TPSA) is 73.6 Å². The predicted octanol–water partition coefficient (Wildman–Crippen LogP) is 4.63. The SMILES string of the molecule is Cc1ccc(-c2cnc(-c3ccccc3C(=O)NCCCOCC3CCCO3)o2)cc1. The third kappa shape index (κ3) is 5.60. The van der Waals surface area contributed by atoms with E-state index in [4.69, 9.17) is 13.9 Å². The van der Waals surface area contributed by atoms with Crippen LogP contribution in [0.25, 0.3) is 22.8 Å². The number of amides is 1. The van der Waals surface area contributed by atoms with Crippen molar-refractivity contribution in [3.05, 3.63) is 65.9 Å². The van der Waals surface area contributed by atoms with Crippen molar-refractivity contribution in [3.63, 3.8) is 0 Å². The number of benzene rings is 2. The number of aryl methyl sites for hydroxylation is 1. The molecule has 2 aromatic carbocycles. The predicted molar refractivity (Wildman–Crippen MR) is 119 cm³/mol. The lowest BCUT2D eigenvalue weighted by Gasteiger charge is -2.11. The minimum atomic E-state index is -0.148. The Kier molecular flexibility index (Phi) is 7.12. The number of hydrogen-bond acceptors (Lipinski definition) is 5. The van der Waals surface area contributed by atoms with E-state index in [1.165, 1.54) is 5.56 Å². The van der Waals surface area contributed by atoms with Crippen molar-refractivity contribution >= 4 is 5.91 Å². The van der Waals surface area contributed by atoms with Gasteiger partial charge in [-0.15, -0.1) is 0 Å². The summed E-state index contributed by atoms with van der Waals surface area (Å²) >= 11 is 0. The number of carbonyl (C=O) groups is 1. The summed E-state index contributed by atoms with van der Waals surface area (Å²) in [7, 11) is 0. The molecule has 31 heavy (non-hydrogen) atoms. The molecule has 1 fully saturated rings. The molecule has 0 radical (unpaired) electrons. The summed E-state index contributed by atoms with van der Waals surface area (Å²) in [5.41, 5.74) is 3.35. The Hall–Kier alpha value is -2.96. The molecule has 0 saturated carbocycles. The van der Waals surface area contributed by atoms with Gasteiger partial charge in [-0.2, -0.15) is 0 Å². The third-order valence-corrected chi connectivity index (χ3v) is 5.32. The summed E-state index contributed by atoms with van der Waals surface area (Å²) < 4.78 is 17.2. The zero-order chi connectivity index (χ0) is 21.5. The zero-order valence-electron chi connectivity index (χ0n) is 17.8. The Morgan fingerprint density at radius 3 is 2.84 bits per heavy atom. The maximum Gasteiger partial charge on any atom is 0.252 e. The Balaban J connectivity index is 1.33. The third-order valence-electron chi connectivity index (χ3n) is 5.32. The van der Waals surface area contributed by atoms with Crippen LogP contribution in [0.3, 0.4) is 0 Å². The molecule has 4 rings (SSSR count). The minimum absolute atomic E-state index is 0.148. The summed E-state index contributed by atoms with van der Waals surface area (Å²) in [4.78, 5) is 17.2. The van der Waals surface area contributed by atoms with Crippen molar-refractivity contribution in [2.75, 3.05) is 26.4 Å². The van der Waals surface area contributed by atoms with Crippen molar-refractivity contribution in [2.45, 2.75) is 32.3 Å². The summed E-state index contributed by atoms with van der Waals surface area (Å²) in [6.07, 6.45) is 4.85. The molecule has 0 spiro atoms. The number of nitrogens with zero attached hydrogens (tertiary/aromatic N) is 1. The van der Waals surface area contributed by atoms with E-state index < -0.39 is 0 Å². The first kappa shape index (κ1) is 21.3. The van der Waals surface area contributed by atoms with Gasteiger partial charge in [0.1, 0.15) is 0 Å². The highest BCUT2D eigenvalue weighted by atomic mass is 16.5. The molecule has 0 bridgehead atoms. The molecule has 0 aliphatic carbocycles. The van der Waals surface area contributed by atoms with E-state index in [1.54, 1.807) is 12.3 Å². The van der Waals surface area contributed by atoms with Gasteiger partial charge in [0, 0.05) is 30.9 Å². The molecule has 1 aliphatic heterocycles. The Morgan fingerprint density at radius 2 is 2.03 bits per heavy atom. The molecule has 1 aromatic heterocycles. The summed E-state index contributed by atoms with van der Waals surface area (Å²) in [5, 5.41) is 2.96. The number of aromatic nitrogens is 1. The van der Waals surface area contributed by atoms with Crippen LogP contribution in [0.1, 0.15) is 35.2 Å². The molecule has 2 heterocycles. The molecule has 1 aliphatic rings. The molecule has 3 aromatic rings. The number of carbonyl (C=O) groups excluding carboxylic acids is 1. The van der Waals surface area contributed by atoms with Gasteiger partial charge in [0.25, 0.3) is 5.91 Å². The van der Waals surface area contributed by atoms with Gasteiger partial charge >= 0.3 is 0 Å². The lowest BCUT2D eigenvalue weighted by atomic mass is 10.1. The van der Waals surface area contributed by atoms with Crippen LogP contribution in [0, 0.1) is 6.92 Å². The maximum absolute atomic E-state index is 12.8. The normalized spacial score (nSPS) is 15.8. The zero-order valence-corrected chi connectivity index (χ0v) is 17.8. The summed E-state index contributed by atoms with van der Waals surface area (Å²) in [5.74, 6) is 0.958. The second-order valence-corrected chi connectivity index (χ2v) is 7.76. The maximum atomic E-state index is 12.8. The average Bonchev–Trinajstić information content (AvgIpc) is 3.49. The monoisotopic (exact) mass is 420 g/mol. The van der Waals surface area contributed by atoms with E-state index in [0.29, 0.717) is 42.5 Å². The fourth-order valence-corrected chi connectivity index (χ4v) is 3.58. The molecular weight excluding hydrogens is 392 g/mol. The molecule has 6 nitrogen and oxygen atoms in total. The molecule has 1 atom stereocenters. The van der Waals surface area contributed by atoms with Crippen LogP contribution in [0.15, 0.2) is 59.1 Å². The lowest BCUT2D eigenvalue weighted by molar-refractivity contribution is 0.0166. The first-order valence-corrected chi connectivity index (χ1v) is 10.8.